The van der Waals surface area contributed by atoms with E-state index in [1.54, 1.807) is 4.90 Å². The van der Waals surface area contributed by atoms with Gasteiger partial charge in [0.1, 0.15) is 0 Å². The molecule has 13 heavy (non-hydrogen) atoms. The maximum Gasteiger partial charge on any atom is 0.210 e. The van der Waals surface area contributed by atoms with Crippen molar-refractivity contribution in [3.63, 3.8) is 0 Å². The summed E-state index contributed by atoms with van der Waals surface area (Å²) in [5, 5.41) is 0.776. The Morgan fingerprint density at radius 3 is 3.00 bits per heavy atom. The molecule has 68 valence electrons. The molecule has 0 radical (unpaired) electrons. The molecule has 0 N–H and O–H groups in total. The van der Waals surface area contributed by atoms with Crippen molar-refractivity contribution >= 4 is 18.0 Å². The van der Waals surface area contributed by atoms with Gasteiger partial charge < -0.3 is 4.90 Å². The van der Waals surface area contributed by atoms with Crippen molar-refractivity contribution in [2.75, 3.05) is 6.54 Å². The molecule has 0 aromatic heterocycles. The van der Waals surface area contributed by atoms with Gasteiger partial charge in [0.2, 0.25) is 6.41 Å². The van der Waals surface area contributed by atoms with Gasteiger partial charge >= 0.3 is 0 Å². The van der Waals surface area contributed by atoms with Gasteiger partial charge in [-0.3, -0.25) is 4.79 Å². The molecule has 2 rings (SSSR count). The Hall–Kier alpha value is -1.02. The molecule has 1 aliphatic heterocycles. The van der Waals surface area contributed by atoms with E-state index in [2.05, 4.69) is 0 Å². The molecular weight excluding hydrogens is 186 g/mol. The predicted molar refractivity (Wildman–Crippen MR) is 51.6 cm³/mol. The third kappa shape index (κ3) is 1.68. The maximum atomic E-state index is 10.5. The van der Waals surface area contributed by atoms with E-state index in [1.807, 2.05) is 18.2 Å². The molecule has 0 saturated heterocycles. The summed E-state index contributed by atoms with van der Waals surface area (Å²) in [4.78, 5) is 12.3. The second-order valence-corrected chi connectivity index (χ2v) is 3.68. The molecule has 0 atom stereocenters. The number of hydrogen-bond donors (Lipinski definition) is 0. The SMILES string of the molecule is O=CN1CCc2cc(Cl)ccc2C1. The Balaban J connectivity index is 2.31. The minimum Gasteiger partial charge on any atom is -0.341 e. The summed E-state index contributed by atoms with van der Waals surface area (Å²) in [5.41, 5.74) is 2.48. The van der Waals surface area contributed by atoms with Crippen LogP contribution in [0.5, 0.6) is 0 Å². The summed E-state index contributed by atoms with van der Waals surface area (Å²) in [7, 11) is 0. The van der Waals surface area contributed by atoms with Gasteiger partial charge in [-0.05, 0) is 29.7 Å². The number of carbonyl (C=O) groups is 1. The Kier molecular flexibility index (Phi) is 2.23. The van der Waals surface area contributed by atoms with Crippen LogP contribution >= 0.6 is 11.6 Å². The molecule has 3 heteroatoms. The lowest BCUT2D eigenvalue weighted by atomic mass is 10.0. The van der Waals surface area contributed by atoms with Gasteiger partial charge in [0, 0.05) is 18.1 Å². The van der Waals surface area contributed by atoms with Crippen molar-refractivity contribution in [3.8, 4) is 0 Å². The summed E-state index contributed by atoms with van der Waals surface area (Å²) in [6.45, 7) is 1.52. The highest BCUT2D eigenvalue weighted by Gasteiger charge is 2.14. The average Bonchev–Trinajstić information content (AvgIpc) is 2.17. The first-order chi connectivity index (χ1) is 6.29. The number of nitrogens with zero attached hydrogens (tertiary/aromatic N) is 1. The zero-order chi connectivity index (χ0) is 9.26. The second-order valence-electron chi connectivity index (χ2n) is 3.24. The van der Waals surface area contributed by atoms with Crippen molar-refractivity contribution in [2.45, 2.75) is 13.0 Å². The maximum absolute atomic E-state index is 10.5. The monoisotopic (exact) mass is 195 g/mol. The minimum absolute atomic E-state index is 0.718. The normalized spacial score (nSPS) is 15.3. The third-order valence-corrected chi connectivity index (χ3v) is 2.59. The van der Waals surface area contributed by atoms with Crippen LogP contribution in [0.1, 0.15) is 11.1 Å². The molecular formula is C10H10ClNO. The Morgan fingerprint density at radius 2 is 2.23 bits per heavy atom. The molecule has 2 nitrogen and oxygen atoms in total. The lowest BCUT2D eigenvalue weighted by Crippen LogP contribution is -2.28. The fourth-order valence-electron chi connectivity index (χ4n) is 1.63. The molecule has 0 fully saturated rings. The summed E-state index contributed by atoms with van der Waals surface area (Å²) >= 11 is 5.86. The van der Waals surface area contributed by atoms with Crippen molar-refractivity contribution < 1.29 is 4.79 Å². The molecule has 0 spiro atoms. The van der Waals surface area contributed by atoms with E-state index in [1.165, 1.54) is 11.1 Å². The first kappa shape index (κ1) is 8.57. The topological polar surface area (TPSA) is 20.3 Å². The summed E-state index contributed by atoms with van der Waals surface area (Å²) in [5.74, 6) is 0. The Labute approximate surface area is 82.1 Å². The second kappa shape index (κ2) is 3.38. The van der Waals surface area contributed by atoms with Crippen LogP contribution in [0.25, 0.3) is 0 Å². The molecule has 1 aliphatic rings. The van der Waals surface area contributed by atoms with Crippen molar-refractivity contribution in [1.29, 1.82) is 0 Å². The lowest BCUT2D eigenvalue weighted by molar-refractivity contribution is -0.118. The van der Waals surface area contributed by atoms with E-state index in [0.717, 1.165) is 30.9 Å². The summed E-state index contributed by atoms with van der Waals surface area (Å²) in [6.07, 6.45) is 1.81. The molecule has 1 amide bonds. The van der Waals surface area contributed by atoms with E-state index in [0.29, 0.717) is 0 Å². The lowest BCUT2D eigenvalue weighted by Gasteiger charge is -2.25. The Bertz CT molecular complexity index is 338. The molecule has 1 aromatic carbocycles. The predicted octanol–water partition coefficient (Wildman–Crippen LogP) is 1.85. The average molecular weight is 196 g/mol. The number of rotatable bonds is 1. The van der Waals surface area contributed by atoms with Crippen LogP contribution in [-0.2, 0) is 17.8 Å². The number of amides is 1. The molecule has 1 heterocycles. The van der Waals surface area contributed by atoms with Crippen LogP contribution in [0.3, 0.4) is 0 Å². The highest BCUT2D eigenvalue weighted by atomic mass is 35.5. The molecule has 0 bridgehead atoms. The largest absolute Gasteiger partial charge is 0.341 e. The van der Waals surface area contributed by atoms with Gasteiger partial charge in [0.05, 0.1) is 0 Å². The van der Waals surface area contributed by atoms with E-state index in [4.69, 9.17) is 11.6 Å². The highest BCUT2D eigenvalue weighted by molar-refractivity contribution is 6.30. The van der Waals surface area contributed by atoms with Crippen molar-refractivity contribution in [1.82, 2.24) is 4.90 Å². The highest BCUT2D eigenvalue weighted by Crippen LogP contribution is 2.21. The quantitative estimate of drug-likeness (QED) is 0.627. The van der Waals surface area contributed by atoms with Crippen LogP contribution in [0.2, 0.25) is 5.02 Å². The number of halogens is 1. The number of carbonyl (C=O) groups excluding carboxylic acids is 1. The van der Waals surface area contributed by atoms with Crippen molar-refractivity contribution in [2.24, 2.45) is 0 Å². The van der Waals surface area contributed by atoms with Gasteiger partial charge in [-0.25, -0.2) is 0 Å². The summed E-state index contributed by atoms with van der Waals surface area (Å²) < 4.78 is 0. The van der Waals surface area contributed by atoms with E-state index < -0.39 is 0 Å². The standard InChI is InChI=1S/C10H10ClNO/c11-10-2-1-9-6-12(7-13)4-3-8(9)5-10/h1-2,5,7H,3-4,6H2. The minimum atomic E-state index is 0.718. The zero-order valence-corrected chi connectivity index (χ0v) is 7.92. The molecule has 1 aromatic rings. The first-order valence-electron chi connectivity index (χ1n) is 4.26. The fourth-order valence-corrected chi connectivity index (χ4v) is 1.83. The smallest absolute Gasteiger partial charge is 0.210 e. The molecule has 0 saturated carbocycles. The van der Waals surface area contributed by atoms with Crippen LogP contribution < -0.4 is 0 Å². The Morgan fingerprint density at radius 1 is 1.38 bits per heavy atom. The van der Waals surface area contributed by atoms with Gasteiger partial charge in [0.15, 0.2) is 0 Å². The molecule has 0 aliphatic carbocycles. The van der Waals surface area contributed by atoms with Gasteiger partial charge in [-0.1, -0.05) is 17.7 Å². The fraction of sp³-hybridized carbons (Fsp3) is 0.300. The molecule has 0 unspecified atom stereocenters. The number of fused-ring (bicyclic) bond motifs is 1. The number of hydrogen-bond acceptors (Lipinski definition) is 1. The van der Waals surface area contributed by atoms with Gasteiger partial charge in [-0.15, -0.1) is 0 Å². The summed E-state index contributed by atoms with van der Waals surface area (Å²) in [6, 6.07) is 5.85. The van der Waals surface area contributed by atoms with Gasteiger partial charge in [-0.2, -0.15) is 0 Å². The number of benzene rings is 1. The van der Waals surface area contributed by atoms with Crippen LogP contribution in [0.4, 0.5) is 0 Å². The van der Waals surface area contributed by atoms with Gasteiger partial charge in [0.25, 0.3) is 0 Å². The van der Waals surface area contributed by atoms with Crippen LogP contribution in [0, 0.1) is 0 Å². The zero-order valence-electron chi connectivity index (χ0n) is 7.16. The van der Waals surface area contributed by atoms with E-state index in [9.17, 15) is 4.79 Å². The first-order valence-corrected chi connectivity index (χ1v) is 4.64. The van der Waals surface area contributed by atoms with Crippen LogP contribution in [-0.4, -0.2) is 17.9 Å². The van der Waals surface area contributed by atoms with E-state index in [-0.39, 0.29) is 0 Å². The van der Waals surface area contributed by atoms with E-state index >= 15 is 0 Å². The third-order valence-electron chi connectivity index (χ3n) is 2.36. The van der Waals surface area contributed by atoms with Crippen molar-refractivity contribution in [3.05, 3.63) is 34.3 Å². The van der Waals surface area contributed by atoms with Crippen LogP contribution in [0.15, 0.2) is 18.2 Å².